The maximum absolute atomic E-state index is 11.4. The Morgan fingerprint density at radius 2 is 1.82 bits per heavy atom. The molecule has 0 aliphatic carbocycles. The summed E-state index contributed by atoms with van der Waals surface area (Å²) in [4.78, 5) is 11.4. The van der Waals surface area contributed by atoms with Crippen molar-refractivity contribution >= 4 is 5.91 Å². The number of carbonyl (C=O) groups is 1. The van der Waals surface area contributed by atoms with E-state index in [4.69, 9.17) is 15.2 Å². The molecule has 0 spiro atoms. The summed E-state index contributed by atoms with van der Waals surface area (Å²) < 4.78 is 10.3. The fraction of sp³-hybridized carbons (Fsp3) is 0.917. The first kappa shape index (κ1) is 16.4. The zero-order chi connectivity index (χ0) is 13.1. The molecular formula is C12H26N2O3. The highest BCUT2D eigenvalue weighted by Crippen LogP contribution is 2.03. The van der Waals surface area contributed by atoms with Crippen molar-refractivity contribution in [3.8, 4) is 0 Å². The Hall–Kier alpha value is -0.650. The molecule has 0 heterocycles. The Morgan fingerprint density at radius 1 is 1.18 bits per heavy atom. The van der Waals surface area contributed by atoms with E-state index in [1.165, 1.54) is 0 Å². The van der Waals surface area contributed by atoms with E-state index in [0.29, 0.717) is 32.3 Å². The van der Waals surface area contributed by atoms with Gasteiger partial charge in [0.05, 0.1) is 19.8 Å². The molecule has 0 radical (unpaired) electrons. The van der Waals surface area contributed by atoms with E-state index in [0.717, 1.165) is 6.42 Å². The molecular weight excluding hydrogens is 220 g/mol. The molecule has 0 aliphatic rings. The molecule has 0 rings (SSSR count). The Kier molecular flexibility index (Phi) is 10.1. The molecule has 0 fully saturated rings. The summed E-state index contributed by atoms with van der Waals surface area (Å²) in [5, 5.41) is 2.89. The number of amides is 1. The Morgan fingerprint density at radius 3 is 2.41 bits per heavy atom. The van der Waals surface area contributed by atoms with Gasteiger partial charge in [-0.1, -0.05) is 13.8 Å². The molecule has 3 N–H and O–H groups in total. The quantitative estimate of drug-likeness (QED) is 0.551. The van der Waals surface area contributed by atoms with Crippen molar-refractivity contribution in [2.75, 3.05) is 33.0 Å². The van der Waals surface area contributed by atoms with Gasteiger partial charge >= 0.3 is 0 Å². The lowest BCUT2D eigenvalue weighted by atomic mass is 10.1. The zero-order valence-electron chi connectivity index (χ0n) is 11.2. The second-order valence-corrected chi connectivity index (χ2v) is 4.55. The summed E-state index contributed by atoms with van der Waals surface area (Å²) in [6, 6.07) is 0.194. The van der Waals surface area contributed by atoms with E-state index >= 15 is 0 Å². The van der Waals surface area contributed by atoms with Crippen LogP contribution in [0.25, 0.3) is 0 Å². The molecule has 1 atom stereocenters. The van der Waals surface area contributed by atoms with Gasteiger partial charge in [0, 0.05) is 12.6 Å². The van der Waals surface area contributed by atoms with Gasteiger partial charge in [-0.2, -0.15) is 0 Å². The van der Waals surface area contributed by atoms with Crippen LogP contribution in [0.15, 0.2) is 0 Å². The molecule has 1 amide bonds. The number of rotatable bonds is 10. The van der Waals surface area contributed by atoms with Crippen LogP contribution in [0.3, 0.4) is 0 Å². The molecule has 0 saturated heterocycles. The van der Waals surface area contributed by atoms with E-state index in [1.54, 1.807) is 0 Å². The largest absolute Gasteiger partial charge is 0.378 e. The molecule has 0 bridgehead atoms. The van der Waals surface area contributed by atoms with E-state index in [2.05, 4.69) is 19.2 Å². The number of hydrogen-bond donors (Lipinski definition) is 2. The average molecular weight is 246 g/mol. The van der Waals surface area contributed by atoms with Crippen molar-refractivity contribution in [3.05, 3.63) is 0 Å². The van der Waals surface area contributed by atoms with E-state index in [1.807, 2.05) is 6.92 Å². The SMILES string of the molecule is CC(C)CC(C)NC(=O)COCCOCCN. The average Bonchev–Trinajstić information content (AvgIpc) is 2.21. The highest BCUT2D eigenvalue weighted by Gasteiger charge is 2.08. The van der Waals surface area contributed by atoms with Crippen LogP contribution in [0, 0.1) is 5.92 Å². The minimum Gasteiger partial charge on any atom is -0.378 e. The lowest BCUT2D eigenvalue weighted by molar-refractivity contribution is -0.126. The molecule has 0 saturated carbocycles. The number of nitrogens with one attached hydrogen (secondary N) is 1. The van der Waals surface area contributed by atoms with Gasteiger partial charge in [-0.3, -0.25) is 4.79 Å². The van der Waals surface area contributed by atoms with E-state index in [9.17, 15) is 4.79 Å². The van der Waals surface area contributed by atoms with Crippen LogP contribution in [0.5, 0.6) is 0 Å². The van der Waals surface area contributed by atoms with Crippen LogP contribution in [-0.2, 0) is 14.3 Å². The minimum atomic E-state index is -0.0722. The second-order valence-electron chi connectivity index (χ2n) is 4.55. The van der Waals surface area contributed by atoms with Gasteiger partial charge in [-0.15, -0.1) is 0 Å². The van der Waals surface area contributed by atoms with Gasteiger partial charge in [-0.05, 0) is 19.3 Å². The van der Waals surface area contributed by atoms with Crippen molar-refractivity contribution in [1.82, 2.24) is 5.32 Å². The zero-order valence-corrected chi connectivity index (χ0v) is 11.2. The van der Waals surface area contributed by atoms with Gasteiger partial charge in [0.2, 0.25) is 5.91 Å². The Labute approximate surface area is 104 Å². The lowest BCUT2D eigenvalue weighted by Crippen LogP contribution is -2.36. The predicted octanol–water partition coefficient (Wildman–Crippen LogP) is 0.529. The Balaban J connectivity index is 3.40. The summed E-state index contributed by atoms with van der Waals surface area (Å²) in [5.41, 5.74) is 5.26. The molecule has 0 aromatic heterocycles. The van der Waals surface area contributed by atoms with E-state index in [-0.39, 0.29) is 18.6 Å². The van der Waals surface area contributed by atoms with Gasteiger partial charge in [0.1, 0.15) is 6.61 Å². The summed E-state index contributed by atoms with van der Waals surface area (Å²) in [6.07, 6.45) is 0.978. The maximum Gasteiger partial charge on any atom is 0.246 e. The van der Waals surface area contributed by atoms with Crippen molar-refractivity contribution in [1.29, 1.82) is 0 Å². The van der Waals surface area contributed by atoms with Crippen molar-refractivity contribution in [2.24, 2.45) is 11.7 Å². The highest BCUT2D eigenvalue weighted by atomic mass is 16.5. The number of ether oxygens (including phenoxy) is 2. The maximum atomic E-state index is 11.4. The normalized spacial score (nSPS) is 12.8. The second kappa shape index (κ2) is 10.5. The van der Waals surface area contributed by atoms with Crippen LogP contribution < -0.4 is 11.1 Å². The van der Waals surface area contributed by atoms with Crippen LogP contribution >= 0.6 is 0 Å². The van der Waals surface area contributed by atoms with Crippen LogP contribution in [0.1, 0.15) is 27.2 Å². The topological polar surface area (TPSA) is 73.6 Å². The third-order valence-electron chi connectivity index (χ3n) is 2.10. The third kappa shape index (κ3) is 11.6. The Bertz CT molecular complexity index is 198. The minimum absolute atomic E-state index is 0.0722. The third-order valence-corrected chi connectivity index (χ3v) is 2.10. The lowest BCUT2D eigenvalue weighted by Gasteiger charge is -2.15. The number of carbonyl (C=O) groups excluding carboxylic acids is 1. The van der Waals surface area contributed by atoms with Crippen LogP contribution in [0.4, 0.5) is 0 Å². The smallest absolute Gasteiger partial charge is 0.246 e. The monoisotopic (exact) mass is 246 g/mol. The first-order valence-electron chi connectivity index (χ1n) is 6.21. The van der Waals surface area contributed by atoms with Crippen LogP contribution in [0.2, 0.25) is 0 Å². The van der Waals surface area contributed by atoms with Gasteiger partial charge < -0.3 is 20.5 Å². The van der Waals surface area contributed by atoms with Crippen molar-refractivity contribution < 1.29 is 14.3 Å². The molecule has 0 aromatic carbocycles. The molecule has 0 aromatic rings. The van der Waals surface area contributed by atoms with E-state index < -0.39 is 0 Å². The molecule has 102 valence electrons. The summed E-state index contributed by atoms with van der Waals surface area (Å²) in [7, 11) is 0. The van der Waals surface area contributed by atoms with Crippen molar-refractivity contribution in [3.63, 3.8) is 0 Å². The molecule has 5 heteroatoms. The number of hydrogen-bond acceptors (Lipinski definition) is 4. The highest BCUT2D eigenvalue weighted by molar-refractivity contribution is 5.77. The molecule has 1 unspecified atom stereocenters. The summed E-state index contributed by atoms with van der Waals surface area (Å²) in [5.74, 6) is 0.507. The summed E-state index contributed by atoms with van der Waals surface area (Å²) >= 11 is 0. The fourth-order valence-electron chi connectivity index (χ4n) is 1.55. The summed E-state index contributed by atoms with van der Waals surface area (Å²) in [6.45, 7) is 8.30. The molecule has 0 aliphatic heterocycles. The van der Waals surface area contributed by atoms with Gasteiger partial charge in [-0.25, -0.2) is 0 Å². The van der Waals surface area contributed by atoms with Crippen LogP contribution in [-0.4, -0.2) is 44.9 Å². The predicted molar refractivity (Wildman–Crippen MR) is 67.8 cm³/mol. The van der Waals surface area contributed by atoms with Gasteiger partial charge in [0.25, 0.3) is 0 Å². The fourth-order valence-corrected chi connectivity index (χ4v) is 1.55. The first-order valence-corrected chi connectivity index (χ1v) is 6.21. The van der Waals surface area contributed by atoms with Crippen molar-refractivity contribution in [2.45, 2.75) is 33.2 Å². The molecule has 5 nitrogen and oxygen atoms in total. The molecule has 17 heavy (non-hydrogen) atoms. The van der Waals surface area contributed by atoms with Gasteiger partial charge in [0.15, 0.2) is 0 Å². The standard InChI is InChI=1S/C12H26N2O3/c1-10(2)8-11(3)14-12(15)9-17-7-6-16-5-4-13/h10-11H,4-9,13H2,1-3H3,(H,14,15). The number of nitrogens with two attached hydrogens (primary N) is 1. The first-order chi connectivity index (χ1) is 8.06.